The maximum absolute atomic E-state index is 6.48. The molecule has 0 fully saturated rings. The van der Waals surface area contributed by atoms with Crippen molar-refractivity contribution in [2.45, 2.75) is 26.7 Å². The van der Waals surface area contributed by atoms with Crippen LogP contribution in [-0.4, -0.2) is 13.1 Å². The highest BCUT2D eigenvalue weighted by molar-refractivity contribution is 6.07. The van der Waals surface area contributed by atoms with Gasteiger partial charge < -0.3 is 20.3 Å². The van der Waals surface area contributed by atoms with E-state index in [0.717, 1.165) is 71.0 Å². The van der Waals surface area contributed by atoms with E-state index in [9.17, 15) is 0 Å². The summed E-state index contributed by atoms with van der Waals surface area (Å²) >= 11 is 0. The van der Waals surface area contributed by atoms with Gasteiger partial charge in [0.2, 0.25) is 0 Å². The van der Waals surface area contributed by atoms with E-state index in [4.69, 9.17) is 4.74 Å². The van der Waals surface area contributed by atoms with Crippen LogP contribution in [0, 0.1) is 0 Å². The molecule has 5 rings (SSSR count). The molecule has 0 atom stereocenters. The van der Waals surface area contributed by atoms with Gasteiger partial charge in [0.25, 0.3) is 0 Å². The Bertz CT molecular complexity index is 1230. The van der Waals surface area contributed by atoms with Gasteiger partial charge in [0, 0.05) is 47.4 Å². The van der Waals surface area contributed by atoms with Gasteiger partial charge in [0.15, 0.2) is 11.5 Å². The standard InChI is InChI=1S/C28H29N3O/c1-3-16-31(17-4-2)21-14-15-24-26(18-21)32-27-19-25(29-20-10-6-5-7-11-20)22-12-8-9-13-23(22)28(27)30-24/h5-15,18-19,29-30H,3-4,16-17H2,1-2H3. The van der Waals surface area contributed by atoms with E-state index in [2.05, 4.69) is 90.0 Å². The van der Waals surface area contributed by atoms with Gasteiger partial charge in [-0.2, -0.15) is 0 Å². The fraction of sp³-hybridized carbons (Fsp3) is 0.214. The van der Waals surface area contributed by atoms with Gasteiger partial charge in [-0.1, -0.05) is 56.3 Å². The lowest BCUT2D eigenvalue weighted by Gasteiger charge is -2.28. The Hall–Kier alpha value is -3.66. The minimum Gasteiger partial charge on any atom is -0.453 e. The maximum atomic E-state index is 6.48. The van der Waals surface area contributed by atoms with Crippen molar-refractivity contribution in [3.8, 4) is 11.5 Å². The van der Waals surface area contributed by atoms with E-state index in [-0.39, 0.29) is 0 Å². The van der Waals surface area contributed by atoms with Crippen molar-refractivity contribution in [3.05, 3.63) is 78.9 Å². The minimum absolute atomic E-state index is 0.837. The van der Waals surface area contributed by atoms with Crippen LogP contribution in [0.4, 0.5) is 28.4 Å². The molecule has 0 spiro atoms. The number of ether oxygens (including phenoxy) is 1. The molecule has 0 aliphatic carbocycles. The summed E-state index contributed by atoms with van der Waals surface area (Å²) in [5.41, 5.74) is 5.31. The summed E-state index contributed by atoms with van der Waals surface area (Å²) in [7, 11) is 0. The number of hydrogen-bond acceptors (Lipinski definition) is 4. The zero-order chi connectivity index (χ0) is 21.9. The average Bonchev–Trinajstić information content (AvgIpc) is 2.83. The zero-order valence-corrected chi connectivity index (χ0v) is 18.7. The zero-order valence-electron chi connectivity index (χ0n) is 18.7. The molecular formula is C28H29N3O. The molecule has 4 nitrogen and oxygen atoms in total. The quantitative estimate of drug-likeness (QED) is 0.277. The number of hydrogen-bond donors (Lipinski definition) is 2. The lowest BCUT2D eigenvalue weighted by Crippen LogP contribution is -2.24. The normalized spacial score (nSPS) is 11.8. The highest BCUT2D eigenvalue weighted by Gasteiger charge is 2.22. The van der Waals surface area contributed by atoms with Crippen LogP contribution in [0.5, 0.6) is 11.5 Å². The largest absolute Gasteiger partial charge is 0.453 e. The maximum Gasteiger partial charge on any atom is 0.153 e. The first-order valence-corrected chi connectivity index (χ1v) is 11.5. The molecule has 0 saturated heterocycles. The molecule has 2 N–H and O–H groups in total. The molecule has 0 amide bonds. The number of anilines is 5. The van der Waals surface area contributed by atoms with Gasteiger partial charge in [-0.3, -0.25) is 0 Å². The molecule has 0 bridgehead atoms. The second kappa shape index (κ2) is 8.83. The molecule has 162 valence electrons. The molecule has 4 heteroatoms. The van der Waals surface area contributed by atoms with Gasteiger partial charge in [0.05, 0.1) is 17.1 Å². The van der Waals surface area contributed by atoms with Crippen molar-refractivity contribution >= 4 is 39.2 Å². The van der Waals surface area contributed by atoms with Crippen LogP contribution in [0.25, 0.3) is 10.8 Å². The summed E-state index contributed by atoms with van der Waals surface area (Å²) in [4.78, 5) is 2.43. The number of nitrogens with one attached hydrogen (secondary N) is 2. The van der Waals surface area contributed by atoms with Crippen LogP contribution >= 0.6 is 0 Å². The Kier molecular flexibility index (Phi) is 5.59. The predicted octanol–water partition coefficient (Wildman–Crippen LogP) is 8.06. The van der Waals surface area contributed by atoms with Crippen molar-refractivity contribution in [2.24, 2.45) is 0 Å². The summed E-state index contributed by atoms with van der Waals surface area (Å²) in [6.45, 7) is 6.54. The third-order valence-electron chi connectivity index (χ3n) is 5.86. The van der Waals surface area contributed by atoms with Crippen molar-refractivity contribution in [3.63, 3.8) is 0 Å². The van der Waals surface area contributed by atoms with Crippen molar-refractivity contribution in [2.75, 3.05) is 28.6 Å². The Morgan fingerprint density at radius 2 is 1.50 bits per heavy atom. The number of rotatable bonds is 7. The highest BCUT2D eigenvalue weighted by atomic mass is 16.5. The van der Waals surface area contributed by atoms with Crippen molar-refractivity contribution in [1.29, 1.82) is 0 Å². The second-order valence-corrected chi connectivity index (χ2v) is 8.23. The topological polar surface area (TPSA) is 36.5 Å². The molecular weight excluding hydrogens is 394 g/mol. The Morgan fingerprint density at radius 1 is 0.781 bits per heavy atom. The Balaban J connectivity index is 1.55. The molecule has 1 heterocycles. The first-order valence-electron chi connectivity index (χ1n) is 11.5. The van der Waals surface area contributed by atoms with E-state index in [1.165, 1.54) is 5.69 Å². The van der Waals surface area contributed by atoms with Crippen LogP contribution in [0.3, 0.4) is 0 Å². The molecule has 0 unspecified atom stereocenters. The molecule has 1 aliphatic heterocycles. The molecule has 1 aliphatic rings. The summed E-state index contributed by atoms with van der Waals surface area (Å²) < 4.78 is 6.48. The third-order valence-corrected chi connectivity index (χ3v) is 5.86. The molecule has 0 saturated carbocycles. The average molecular weight is 424 g/mol. The van der Waals surface area contributed by atoms with Crippen molar-refractivity contribution in [1.82, 2.24) is 0 Å². The first kappa shape index (κ1) is 20.3. The third kappa shape index (κ3) is 3.84. The van der Waals surface area contributed by atoms with E-state index >= 15 is 0 Å². The fourth-order valence-corrected chi connectivity index (χ4v) is 4.40. The molecule has 32 heavy (non-hydrogen) atoms. The number of benzene rings is 4. The number of nitrogens with zero attached hydrogens (tertiary/aromatic N) is 1. The van der Waals surface area contributed by atoms with E-state index in [1.807, 2.05) is 18.2 Å². The van der Waals surface area contributed by atoms with Gasteiger partial charge in [0.1, 0.15) is 0 Å². The summed E-state index contributed by atoms with van der Waals surface area (Å²) in [5, 5.41) is 9.49. The van der Waals surface area contributed by atoms with Crippen LogP contribution in [0.2, 0.25) is 0 Å². The van der Waals surface area contributed by atoms with Crippen LogP contribution < -0.4 is 20.3 Å². The van der Waals surface area contributed by atoms with E-state index < -0.39 is 0 Å². The molecule has 0 aromatic heterocycles. The first-order chi connectivity index (χ1) is 15.8. The predicted molar refractivity (Wildman–Crippen MR) is 136 cm³/mol. The Morgan fingerprint density at radius 3 is 2.25 bits per heavy atom. The molecule has 4 aromatic rings. The van der Waals surface area contributed by atoms with Gasteiger partial charge in [-0.15, -0.1) is 0 Å². The van der Waals surface area contributed by atoms with Gasteiger partial charge in [-0.05, 0) is 37.1 Å². The Labute approximate surface area is 189 Å². The number of para-hydroxylation sites is 1. The summed E-state index contributed by atoms with van der Waals surface area (Å²) in [6.07, 6.45) is 2.25. The number of fused-ring (bicyclic) bond motifs is 4. The molecule has 4 aromatic carbocycles. The smallest absolute Gasteiger partial charge is 0.153 e. The molecule has 0 radical (unpaired) electrons. The lowest BCUT2D eigenvalue weighted by atomic mass is 10.0. The van der Waals surface area contributed by atoms with Crippen LogP contribution in [0.15, 0.2) is 78.9 Å². The SMILES string of the molecule is CCCN(CCC)c1ccc2c(c1)Oc1cc(Nc3ccccc3)c3ccccc3c1N2. The summed E-state index contributed by atoms with van der Waals surface area (Å²) in [5.74, 6) is 1.71. The van der Waals surface area contributed by atoms with Crippen LogP contribution in [-0.2, 0) is 0 Å². The minimum atomic E-state index is 0.837. The van der Waals surface area contributed by atoms with E-state index in [0.29, 0.717) is 0 Å². The summed E-state index contributed by atoms with van der Waals surface area (Å²) in [6, 6.07) is 27.3. The second-order valence-electron chi connectivity index (χ2n) is 8.23. The van der Waals surface area contributed by atoms with Gasteiger partial charge in [-0.25, -0.2) is 0 Å². The van der Waals surface area contributed by atoms with Crippen LogP contribution in [0.1, 0.15) is 26.7 Å². The van der Waals surface area contributed by atoms with E-state index in [1.54, 1.807) is 0 Å². The van der Waals surface area contributed by atoms with Crippen molar-refractivity contribution < 1.29 is 4.74 Å². The monoisotopic (exact) mass is 423 g/mol. The highest BCUT2D eigenvalue weighted by Crippen LogP contribution is 2.48. The lowest BCUT2D eigenvalue weighted by molar-refractivity contribution is 0.482. The van der Waals surface area contributed by atoms with Gasteiger partial charge >= 0.3 is 0 Å². The fourth-order valence-electron chi connectivity index (χ4n) is 4.40.